The Kier molecular flexibility index (Phi) is 8.82. The second-order valence-electron chi connectivity index (χ2n) is 6.53. The Morgan fingerprint density at radius 1 is 0.900 bits per heavy atom. The highest BCUT2D eigenvalue weighted by Gasteiger charge is 2.22. The molecule has 1 amide bonds. The molecule has 0 saturated carbocycles. The minimum atomic E-state index is -1.82. The van der Waals surface area contributed by atoms with Crippen molar-refractivity contribution in [2.24, 2.45) is 0 Å². The lowest BCUT2D eigenvalue weighted by Gasteiger charge is -2.34. The Morgan fingerprint density at radius 3 is 1.90 bits per heavy atom. The van der Waals surface area contributed by atoms with Gasteiger partial charge in [0.1, 0.15) is 5.75 Å². The fourth-order valence-corrected chi connectivity index (χ4v) is 3.14. The second-order valence-corrected chi connectivity index (χ2v) is 7.45. The number of carbonyl (C=O) groups is 3. The van der Waals surface area contributed by atoms with Crippen molar-refractivity contribution in [3.05, 3.63) is 64.1 Å². The molecule has 1 fully saturated rings. The third kappa shape index (κ3) is 7.16. The van der Waals surface area contributed by atoms with Crippen LogP contribution in [0.1, 0.15) is 15.9 Å². The normalized spacial score (nSPS) is 13.7. The van der Waals surface area contributed by atoms with Gasteiger partial charge in [0.2, 0.25) is 0 Å². The first-order valence-corrected chi connectivity index (χ1v) is 9.95. The second kappa shape index (κ2) is 11.3. The standard InChI is InChI=1S/C19H21BrN2O2.C2H2O4/c1-24-18-8-4-16(5-9-18)19(23)22-12-10-21(11-13-22)14-15-2-6-17(20)7-3-15;3-1(4)2(5)6/h2-9H,10-14H2,1H3;(H,3,4)(H,5,6). The highest BCUT2D eigenvalue weighted by atomic mass is 79.9. The number of methoxy groups -OCH3 is 1. The molecule has 1 aliphatic heterocycles. The Hall–Kier alpha value is -2.91. The third-order valence-electron chi connectivity index (χ3n) is 4.50. The van der Waals surface area contributed by atoms with E-state index in [1.165, 1.54) is 5.56 Å². The van der Waals surface area contributed by atoms with E-state index in [1.807, 2.05) is 29.2 Å². The van der Waals surface area contributed by atoms with E-state index in [9.17, 15) is 4.79 Å². The molecular formula is C21H23BrN2O6. The number of benzene rings is 2. The molecule has 1 saturated heterocycles. The van der Waals surface area contributed by atoms with E-state index in [0.29, 0.717) is 0 Å². The molecule has 2 N–H and O–H groups in total. The molecule has 0 aromatic heterocycles. The molecular weight excluding hydrogens is 456 g/mol. The van der Waals surface area contributed by atoms with E-state index in [4.69, 9.17) is 24.5 Å². The van der Waals surface area contributed by atoms with Gasteiger partial charge in [0.05, 0.1) is 7.11 Å². The van der Waals surface area contributed by atoms with Crippen molar-refractivity contribution in [3.63, 3.8) is 0 Å². The van der Waals surface area contributed by atoms with Gasteiger partial charge in [-0.3, -0.25) is 9.69 Å². The lowest BCUT2D eigenvalue weighted by Crippen LogP contribution is -2.48. The number of carboxylic acids is 2. The number of carboxylic acid groups (broad SMARTS) is 2. The molecule has 3 rings (SSSR count). The molecule has 0 aliphatic carbocycles. The average molecular weight is 479 g/mol. The quantitative estimate of drug-likeness (QED) is 0.650. The van der Waals surface area contributed by atoms with Gasteiger partial charge in [0.15, 0.2) is 0 Å². The summed E-state index contributed by atoms with van der Waals surface area (Å²) in [6.45, 7) is 4.26. The highest BCUT2D eigenvalue weighted by Crippen LogP contribution is 2.16. The Balaban J connectivity index is 0.000000469. The number of hydrogen-bond donors (Lipinski definition) is 2. The van der Waals surface area contributed by atoms with Gasteiger partial charge in [-0.2, -0.15) is 0 Å². The number of rotatable bonds is 4. The Labute approximate surface area is 182 Å². The van der Waals surface area contributed by atoms with Gasteiger partial charge in [-0.1, -0.05) is 28.1 Å². The summed E-state index contributed by atoms with van der Waals surface area (Å²) < 4.78 is 6.24. The summed E-state index contributed by atoms with van der Waals surface area (Å²) in [5, 5.41) is 14.8. The van der Waals surface area contributed by atoms with Crippen molar-refractivity contribution in [2.75, 3.05) is 33.3 Å². The summed E-state index contributed by atoms with van der Waals surface area (Å²) in [7, 11) is 1.63. The first-order valence-electron chi connectivity index (χ1n) is 9.16. The highest BCUT2D eigenvalue weighted by molar-refractivity contribution is 9.10. The number of nitrogens with zero attached hydrogens (tertiary/aromatic N) is 2. The smallest absolute Gasteiger partial charge is 0.414 e. The maximum Gasteiger partial charge on any atom is 0.414 e. The van der Waals surface area contributed by atoms with Crippen LogP contribution in [-0.4, -0.2) is 71.1 Å². The van der Waals surface area contributed by atoms with Crippen LogP contribution in [0.4, 0.5) is 0 Å². The number of piperazine rings is 1. The van der Waals surface area contributed by atoms with Crippen LogP contribution >= 0.6 is 15.9 Å². The molecule has 0 bridgehead atoms. The van der Waals surface area contributed by atoms with Gasteiger partial charge in [-0.05, 0) is 42.0 Å². The first kappa shape index (κ1) is 23.4. The van der Waals surface area contributed by atoms with E-state index < -0.39 is 11.9 Å². The Bertz CT molecular complexity index is 850. The van der Waals surface area contributed by atoms with E-state index in [0.717, 1.165) is 48.5 Å². The summed E-state index contributed by atoms with van der Waals surface area (Å²) in [6.07, 6.45) is 0. The van der Waals surface area contributed by atoms with Crippen LogP contribution in [0.3, 0.4) is 0 Å². The molecule has 0 spiro atoms. The van der Waals surface area contributed by atoms with Gasteiger partial charge in [0.25, 0.3) is 5.91 Å². The maximum absolute atomic E-state index is 12.6. The van der Waals surface area contributed by atoms with Crippen LogP contribution in [-0.2, 0) is 16.1 Å². The van der Waals surface area contributed by atoms with E-state index in [2.05, 4.69) is 45.1 Å². The molecule has 8 nitrogen and oxygen atoms in total. The van der Waals surface area contributed by atoms with E-state index >= 15 is 0 Å². The monoisotopic (exact) mass is 478 g/mol. The van der Waals surface area contributed by atoms with E-state index in [-0.39, 0.29) is 5.91 Å². The number of aliphatic carboxylic acids is 2. The number of ether oxygens (including phenoxy) is 1. The van der Waals surface area contributed by atoms with Crippen LogP contribution in [0.2, 0.25) is 0 Å². The summed E-state index contributed by atoms with van der Waals surface area (Å²) in [5.41, 5.74) is 2.02. The minimum absolute atomic E-state index is 0.0981. The summed E-state index contributed by atoms with van der Waals surface area (Å²) >= 11 is 3.46. The summed E-state index contributed by atoms with van der Waals surface area (Å²) in [5.74, 6) is -2.78. The van der Waals surface area contributed by atoms with Gasteiger partial charge < -0.3 is 19.8 Å². The summed E-state index contributed by atoms with van der Waals surface area (Å²) in [4.78, 5) is 35.1. The van der Waals surface area contributed by atoms with Crippen LogP contribution in [0.25, 0.3) is 0 Å². The fourth-order valence-electron chi connectivity index (χ4n) is 2.87. The van der Waals surface area contributed by atoms with Crippen molar-refractivity contribution >= 4 is 33.8 Å². The molecule has 0 unspecified atom stereocenters. The predicted molar refractivity (Wildman–Crippen MR) is 114 cm³/mol. The van der Waals surface area contributed by atoms with Crippen LogP contribution in [0.15, 0.2) is 53.0 Å². The molecule has 2 aromatic carbocycles. The van der Waals surface area contributed by atoms with Crippen LogP contribution in [0.5, 0.6) is 5.75 Å². The van der Waals surface area contributed by atoms with Gasteiger partial charge >= 0.3 is 11.9 Å². The first-order chi connectivity index (χ1) is 14.3. The zero-order chi connectivity index (χ0) is 22.1. The van der Waals surface area contributed by atoms with Crippen molar-refractivity contribution < 1.29 is 29.3 Å². The molecule has 30 heavy (non-hydrogen) atoms. The molecule has 1 heterocycles. The van der Waals surface area contributed by atoms with Gasteiger partial charge in [-0.15, -0.1) is 0 Å². The molecule has 160 valence electrons. The number of hydrogen-bond acceptors (Lipinski definition) is 5. The van der Waals surface area contributed by atoms with Gasteiger partial charge in [0, 0.05) is 42.8 Å². The topological polar surface area (TPSA) is 107 Å². The van der Waals surface area contributed by atoms with Crippen molar-refractivity contribution in [1.29, 1.82) is 0 Å². The average Bonchev–Trinajstić information content (AvgIpc) is 2.76. The SMILES string of the molecule is COc1ccc(C(=O)N2CCN(Cc3ccc(Br)cc3)CC2)cc1.O=C(O)C(=O)O. The fraction of sp³-hybridized carbons (Fsp3) is 0.286. The van der Waals surface area contributed by atoms with Crippen LogP contribution < -0.4 is 4.74 Å². The lowest BCUT2D eigenvalue weighted by atomic mass is 10.1. The number of carbonyl (C=O) groups excluding carboxylic acids is 1. The van der Waals surface area contributed by atoms with Crippen molar-refractivity contribution in [1.82, 2.24) is 9.80 Å². The molecule has 0 radical (unpaired) electrons. The van der Waals surface area contributed by atoms with Gasteiger partial charge in [-0.25, -0.2) is 9.59 Å². The zero-order valence-electron chi connectivity index (χ0n) is 16.5. The lowest BCUT2D eigenvalue weighted by molar-refractivity contribution is -0.159. The number of amides is 1. The van der Waals surface area contributed by atoms with E-state index in [1.54, 1.807) is 7.11 Å². The summed E-state index contributed by atoms with van der Waals surface area (Å²) in [6, 6.07) is 15.7. The van der Waals surface area contributed by atoms with Crippen molar-refractivity contribution in [2.45, 2.75) is 6.54 Å². The third-order valence-corrected chi connectivity index (χ3v) is 5.03. The van der Waals surface area contributed by atoms with Crippen molar-refractivity contribution in [3.8, 4) is 5.75 Å². The minimum Gasteiger partial charge on any atom is -0.497 e. The Morgan fingerprint density at radius 2 is 1.43 bits per heavy atom. The molecule has 2 aromatic rings. The molecule has 0 atom stereocenters. The molecule has 9 heteroatoms. The maximum atomic E-state index is 12.6. The molecule has 1 aliphatic rings. The largest absolute Gasteiger partial charge is 0.497 e. The van der Waals surface area contributed by atoms with Crippen LogP contribution in [0, 0.1) is 0 Å². The zero-order valence-corrected chi connectivity index (χ0v) is 18.0. The number of halogens is 1. The predicted octanol–water partition coefficient (Wildman–Crippen LogP) is 2.57.